The van der Waals surface area contributed by atoms with Crippen LogP contribution in [0.15, 0.2) is 42.6 Å². The van der Waals surface area contributed by atoms with E-state index in [0.29, 0.717) is 16.9 Å². The van der Waals surface area contributed by atoms with Gasteiger partial charge in [-0.3, -0.25) is 4.57 Å². The number of hydrogen-bond acceptors (Lipinski definition) is 4. The van der Waals surface area contributed by atoms with Crippen LogP contribution < -0.4 is 10.5 Å². The summed E-state index contributed by atoms with van der Waals surface area (Å²) >= 11 is 0. The van der Waals surface area contributed by atoms with Gasteiger partial charge in [-0.05, 0) is 36.4 Å². The molecule has 0 aliphatic heterocycles. The first-order valence-corrected chi connectivity index (χ1v) is 5.89. The number of fused-ring (bicyclic) bond motifs is 1. The number of nitrogens with zero attached hydrogens (tertiary/aromatic N) is 3. The summed E-state index contributed by atoms with van der Waals surface area (Å²) in [5.41, 5.74) is 7.50. The summed E-state index contributed by atoms with van der Waals surface area (Å²) in [6.07, 6.45) is -3.13. The molecule has 3 aromatic rings. The van der Waals surface area contributed by atoms with Crippen molar-refractivity contribution in [2.24, 2.45) is 0 Å². The number of ether oxygens (including phenoxy) is 1. The van der Waals surface area contributed by atoms with Crippen molar-refractivity contribution in [3.05, 3.63) is 42.6 Å². The fourth-order valence-electron chi connectivity index (χ4n) is 1.98. The van der Waals surface area contributed by atoms with Gasteiger partial charge in [0.25, 0.3) is 0 Å². The van der Waals surface area contributed by atoms with Crippen molar-refractivity contribution < 1.29 is 17.9 Å². The van der Waals surface area contributed by atoms with Gasteiger partial charge in [0, 0.05) is 6.20 Å². The molecule has 0 atom stereocenters. The number of pyridine rings is 1. The number of alkyl halides is 3. The monoisotopic (exact) mass is 294 g/mol. The minimum atomic E-state index is -4.72. The zero-order valence-corrected chi connectivity index (χ0v) is 10.5. The summed E-state index contributed by atoms with van der Waals surface area (Å²) in [5.74, 6) is -0.101. The maximum Gasteiger partial charge on any atom is 0.573 e. The van der Waals surface area contributed by atoms with Crippen molar-refractivity contribution in [3.8, 4) is 11.4 Å². The maximum atomic E-state index is 12.1. The minimum Gasteiger partial charge on any atom is -0.406 e. The van der Waals surface area contributed by atoms with Crippen LogP contribution in [0.5, 0.6) is 5.75 Å². The number of rotatable bonds is 2. The molecule has 5 nitrogen and oxygen atoms in total. The van der Waals surface area contributed by atoms with Crippen LogP contribution in [0, 0.1) is 0 Å². The summed E-state index contributed by atoms with van der Waals surface area (Å²) in [7, 11) is 0. The van der Waals surface area contributed by atoms with Gasteiger partial charge >= 0.3 is 6.36 Å². The molecule has 1 aromatic carbocycles. The average Bonchev–Trinajstić information content (AvgIpc) is 2.74. The molecule has 21 heavy (non-hydrogen) atoms. The fourth-order valence-corrected chi connectivity index (χ4v) is 1.98. The SMILES string of the molecule is Nc1nc2cccnc2n1-c1ccc(OC(F)(F)F)cc1. The molecule has 0 saturated carbocycles. The van der Waals surface area contributed by atoms with Crippen LogP contribution in [0.1, 0.15) is 0 Å². The molecule has 0 unspecified atom stereocenters. The number of aromatic nitrogens is 3. The number of hydrogen-bond donors (Lipinski definition) is 1. The lowest BCUT2D eigenvalue weighted by molar-refractivity contribution is -0.274. The third kappa shape index (κ3) is 2.60. The Balaban J connectivity index is 2.01. The first-order chi connectivity index (χ1) is 9.94. The Morgan fingerprint density at radius 1 is 1.10 bits per heavy atom. The Kier molecular flexibility index (Phi) is 2.93. The van der Waals surface area contributed by atoms with Crippen molar-refractivity contribution in [2.75, 3.05) is 5.73 Å². The summed E-state index contributed by atoms with van der Waals surface area (Å²) < 4.78 is 41.7. The molecule has 0 fully saturated rings. The highest BCUT2D eigenvalue weighted by Crippen LogP contribution is 2.26. The van der Waals surface area contributed by atoms with E-state index in [0.717, 1.165) is 0 Å². The van der Waals surface area contributed by atoms with E-state index in [1.54, 1.807) is 22.9 Å². The van der Waals surface area contributed by atoms with Crippen LogP contribution in [0.25, 0.3) is 16.9 Å². The predicted octanol–water partition coefficient (Wildman–Crippen LogP) is 2.90. The number of nitrogens with two attached hydrogens (primary N) is 1. The molecule has 0 amide bonds. The molecular weight excluding hydrogens is 285 g/mol. The molecule has 0 saturated heterocycles. The fraction of sp³-hybridized carbons (Fsp3) is 0.0769. The van der Waals surface area contributed by atoms with E-state index in [-0.39, 0.29) is 11.7 Å². The number of nitrogen functional groups attached to an aromatic ring is 1. The van der Waals surface area contributed by atoms with Crippen molar-refractivity contribution in [1.29, 1.82) is 0 Å². The smallest absolute Gasteiger partial charge is 0.406 e. The zero-order chi connectivity index (χ0) is 15.0. The highest BCUT2D eigenvalue weighted by atomic mass is 19.4. The lowest BCUT2D eigenvalue weighted by Crippen LogP contribution is -2.17. The molecule has 3 rings (SSSR count). The van der Waals surface area contributed by atoms with Crippen LogP contribution >= 0.6 is 0 Å². The normalized spacial score (nSPS) is 11.8. The molecule has 0 bridgehead atoms. The van der Waals surface area contributed by atoms with Gasteiger partial charge in [0.05, 0.1) is 5.69 Å². The van der Waals surface area contributed by atoms with Crippen molar-refractivity contribution in [2.45, 2.75) is 6.36 Å². The van der Waals surface area contributed by atoms with Crippen molar-refractivity contribution >= 4 is 17.1 Å². The van der Waals surface area contributed by atoms with Gasteiger partial charge in [0.15, 0.2) is 5.65 Å². The van der Waals surface area contributed by atoms with Gasteiger partial charge in [-0.2, -0.15) is 0 Å². The van der Waals surface area contributed by atoms with E-state index in [1.807, 2.05) is 0 Å². The molecule has 2 aromatic heterocycles. The molecule has 0 aliphatic rings. The van der Waals surface area contributed by atoms with E-state index in [9.17, 15) is 13.2 Å². The summed E-state index contributed by atoms with van der Waals surface area (Å²) in [4.78, 5) is 8.31. The van der Waals surface area contributed by atoms with E-state index in [2.05, 4.69) is 14.7 Å². The molecule has 0 spiro atoms. The molecule has 0 radical (unpaired) electrons. The molecule has 0 aliphatic carbocycles. The average molecular weight is 294 g/mol. The van der Waals surface area contributed by atoms with E-state index < -0.39 is 6.36 Å². The summed E-state index contributed by atoms with van der Waals surface area (Å²) in [6, 6.07) is 8.78. The third-order valence-electron chi connectivity index (χ3n) is 2.77. The van der Waals surface area contributed by atoms with Crippen LogP contribution in [0.4, 0.5) is 19.1 Å². The van der Waals surface area contributed by atoms with Crippen LogP contribution in [0.2, 0.25) is 0 Å². The highest BCUT2D eigenvalue weighted by Gasteiger charge is 2.31. The Labute approximate surface area is 116 Å². The molecular formula is C13H9F3N4O. The van der Waals surface area contributed by atoms with Crippen LogP contribution in [0.3, 0.4) is 0 Å². The van der Waals surface area contributed by atoms with Crippen molar-refractivity contribution in [1.82, 2.24) is 14.5 Å². The Morgan fingerprint density at radius 2 is 1.81 bits per heavy atom. The second-order valence-corrected chi connectivity index (χ2v) is 4.19. The van der Waals surface area contributed by atoms with Gasteiger partial charge in [0.2, 0.25) is 5.95 Å². The number of benzene rings is 1. The van der Waals surface area contributed by atoms with Gasteiger partial charge in [-0.15, -0.1) is 13.2 Å². The predicted molar refractivity (Wildman–Crippen MR) is 70.0 cm³/mol. The lowest BCUT2D eigenvalue weighted by Gasteiger charge is -2.10. The lowest BCUT2D eigenvalue weighted by atomic mass is 10.3. The Hall–Kier alpha value is -2.77. The van der Waals surface area contributed by atoms with Gasteiger partial charge in [0.1, 0.15) is 11.3 Å². The number of imidazole rings is 1. The van der Waals surface area contributed by atoms with E-state index >= 15 is 0 Å². The highest BCUT2D eigenvalue weighted by molar-refractivity contribution is 5.76. The Bertz CT molecular complexity index is 780. The topological polar surface area (TPSA) is 66.0 Å². The van der Waals surface area contributed by atoms with Gasteiger partial charge in [-0.25, -0.2) is 9.97 Å². The second kappa shape index (κ2) is 4.65. The van der Waals surface area contributed by atoms with Crippen molar-refractivity contribution in [3.63, 3.8) is 0 Å². The first kappa shape index (κ1) is 13.2. The quantitative estimate of drug-likeness (QED) is 0.789. The zero-order valence-electron chi connectivity index (χ0n) is 10.5. The van der Waals surface area contributed by atoms with Gasteiger partial charge < -0.3 is 10.5 Å². The molecule has 8 heteroatoms. The van der Waals surface area contributed by atoms with E-state index in [1.165, 1.54) is 24.3 Å². The molecule has 108 valence electrons. The van der Waals surface area contributed by atoms with Crippen LogP contribution in [-0.2, 0) is 0 Å². The standard InChI is InChI=1S/C13H9F3N4O/c14-13(15,16)21-9-5-3-8(4-6-9)20-11-10(19-12(20)17)2-1-7-18-11/h1-7H,(H2,17,19). The Morgan fingerprint density at radius 3 is 2.48 bits per heavy atom. The minimum absolute atomic E-state index is 0.202. The molecule has 2 N–H and O–H groups in total. The van der Waals surface area contributed by atoms with Crippen LogP contribution in [-0.4, -0.2) is 20.9 Å². The maximum absolute atomic E-state index is 12.1. The summed E-state index contributed by atoms with van der Waals surface area (Å²) in [6.45, 7) is 0. The molecule has 2 heterocycles. The van der Waals surface area contributed by atoms with E-state index in [4.69, 9.17) is 5.73 Å². The number of anilines is 1. The largest absolute Gasteiger partial charge is 0.573 e. The second-order valence-electron chi connectivity index (χ2n) is 4.19. The third-order valence-corrected chi connectivity index (χ3v) is 2.77. The van der Waals surface area contributed by atoms with Gasteiger partial charge in [-0.1, -0.05) is 0 Å². The first-order valence-electron chi connectivity index (χ1n) is 5.89. The summed E-state index contributed by atoms with van der Waals surface area (Å²) in [5, 5.41) is 0. The number of halogens is 3.